The van der Waals surface area contributed by atoms with Crippen LogP contribution in [0.4, 0.5) is 0 Å². The van der Waals surface area contributed by atoms with Crippen LogP contribution in [0.15, 0.2) is 18.2 Å². The van der Waals surface area contributed by atoms with E-state index in [0.29, 0.717) is 37.7 Å². The molecule has 1 heterocycles. The van der Waals surface area contributed by atoms with Crippen LogP contribution in [0.2, 0.25) is 0 Å². The molecular weight excluding hydrogens is 308 g/mol. The molecule has 1 aliphatic rings. The fourth-order valence-corrected chi connectivity index (χ4v) is 2.93. The third-order valence-corrected chi connectivity index (χ3v) is 4.25. The average Bonchev–Trinajstić information content (AvgIpc) is 2.62. The van der Waals surface area contributed by atoms with Crippen molar-refractivity contribution in [3.8, 4) is 11.5 Å². The van der Waals surface area contributed by atoms with E-state index < -0.39 is 0 Å². The number of carbonyl (C=O) groups excluding carboxylic acids is 1. The maximum absolute atomic E-state index is 11.9. The van der Waals surface area contributed by atoms with Crippen molar-refractivity contribution in [1.29, 1.82) is 0 Å². The number of amides is 1. The summed E-state index contributed by atoms with van der Waals surface area (Å²) in [7, 11) is 3.26. The Bertz CT molecular complexity index is 530. The Labute approximate surface area is 144 Å². The van der Waals surface area contributed by atoms with Crippen molar-refractivity contribution in [2.75, 3.05) is 47.1 Å². The zero-order valence-corrected chi connectivity index (χ0v) is 14.8. The van der Waals surface area contributed by atoms with Crippen LogP contribution in [0.3, 0.4) is 0 Å². The molecule has 1 aromatic carbocycles. The van der Waals surface area contributed by atoms with Gasteiger partial charge in [0.05, 0.1) is 33.5 Å². The molecule has 2 rings (SSSR count). The third-order valence-electron chi connectivity index (χ3n) is 4.25. The summed E-state index contributed by atoms with van der Waals surface area (Å²) in [6, 6.07) is 6.03. The Kier molecular flexibility index (Phi) is 7.34. The number of morpholine rings is 1. The van der Waals surface area contributed by atoms with Crippen molar-refractivity contribution < 1.29 is 19.0 Å². The monoisotopic (exact) mass is 336 g/mol. The quantitative estimate of drug-likeness (QED) is 0.787. The summed E-state index contributed by atoms with van der Waals surface area (Å²) in [5, 5.41) is 3.05. The summed E-state index contributed by atoms with van der Waals surface area (Å²) in [6.07, 6.45) is 1.41. The highest BCUT2D eigenvalue weighted by atomic mass is 16.5. The zero-order chi connectivity index (χ0) is 17.4. The molecule has 0 bridgehead atoms. The second-order valence-corrected chi connectivity index (χ2v) is 5.83. The van der Waals surface area contributed by atoms with Gasteiger partial charge in [-0.05, 0) is 24.1 Å². The Morgan fingerprint density at radius 1 is 1.25 bits per heavy atom. The molecule has 1 atom stereocenters. The molecule has 6 heteroatoms. The van der Waals surface area contributed by atoms with Gasteiger partial charge in [0, 0.05) is 26.1 Å². The number of rotatable bonds is 8. The van der Waals surface area contributed by atoms with Crippen molar-refractivity contribution in [1.82, 2.24) is 10.2 Å². The molecule has 1 amide bonds. The normalized spacial score (nSPS) is 16.5. The van der Waals surface area contributed by atoms with Gasteiger partial charge in [-0.2, -0.15) is 0 Å². The number of nitrogens with one attached hydrogen (secondary N) is 1. The van der Waals surface area contributed by atoms with Gasteiger partial charge in [-0.25, -0.2) is 0 Å². The van der Waals surface area contributed by atoms with Crippen LogP contribution < -0.4 is 14.8 Å². The average molecular weight is 336 g/mol. The minimum Gasteiger partial charge on any atom is -0.493 e. The summed E-state index contributed by atoms with van der Waals surface area (Å²) >= 11 is 0. The number of benzene rings is 1. The van der Waals surface area contributed by atoms with Gasteiger partial charge in [0.2, 0.25) is 5.91 Å². The largest absolute Gasteiger partial charge is 0.493 e. The molecule has 6 nitrogen and oxygen atoms in total. The van der Waals surface area contributed by atoms with Crippen molar-refractivity contribution in [3.63, 3.8) is 0 Å². The number of hydrogen-bond donors (Lipinski definition) is 1. The fourth-order valence-electron chi connectivity index (χ4n) is 2.93. The molecule has 0 spiro atoms. The molecular formula is C18H28N2O4. The van der Waals surface area contributed by atoms with Crippen LogP contribution in [0.1, 0.15) is 31.4 Å². The second kappa shape index (κ2) is 9.49. The van der Waals surface area contributed by atoms with Gasteiger partial charge in [-0.15, -0.1) is 0 Å². The van der Waals surface area contributed by atoms with E-state index in [1.165, 1.54) is 0 Å². The first-order valence-electron chi connectivity index (χ1n) is 8.50. The van der Waals surface area contributed by atoms with Gasteiger partial charge in [-0.3, -0.25) is 9.69 Å². The van der Waals surface area contributed by atoms with Crippen molar-refractivity contribution in [2.45, 2.75) is 25.8 Å². The Morgan fingerprint density at radius 3 is 2.58 bits per heavy atom. The first-order valence-corrected chi connectivity index (χ1v) is 8.50. The first-order chi connectivity index (χ1) is 11.7. The van der Waals surface area contributed by atoms with Gasteiger partial charge in [0.25, 0.3) is 0 Å². The summed E-state index contributed by atoms with van der Waals surface area (Å²) in [4.78, 5) is 14.2. The van der Waals surface area contributed by atoms with E-state index in [2.05, 4.69) is 10.2 Å². The molecule has 1 saturated heterocycles. The van der Waals surface area contributed by atoms with E-state index >= 15 is 0 Å². The molecule has 1 aliphatic heterocycles. The lowest BCUT2D eigenvalue weighted by molar-refractivity contribution is -0.121. The Hall–Kier alpha value is -1.79. The SMILES string of the molecule is CCCC(=O)NCC(c1ccc(OC)c(OC)c1)N1CCOCC1. The van der Waals surface area contributed by atoms with Crippen molar-refractivity contribution in [2.24, 2.45) is 0 Å². The highest BCUT2D eigenvalue weighted by Gasteiger charge is 2.24. The molecule has 0 radical (unpaired) electrons. The molecule has 1 N–H and O–H groups in total. The number of nitrogens with zero attached hydrogens (tertiary/aromatic N) is 1. The van der Waals surface area contributed by atoms with Crippen LogP contribution >= 0.6 is 0 Å². The lowest BCUT2D eigenvalue weighted by Gasteiger charge is -2.35. The Morgan fingerprint density at radius 2 is 1.96 bits per heavy atom. The van der Waals surface area contributed by atoms with Gasteiger partial charge in [0.1, 0.15) is 0 Å². The van der Waals surface area contributed by atoms with Crippen LogP contribution in [0.5, 0.6) is 11.5 Å². The summed E-state index contributed by atoms with van der Waals surface area (Å²) in [5.41, 5.74) is 1.10. The lowest BCUT2D eigenvalue weighted by Crippen LogP contribution is -2.43. The smallest absolute Gasteiger partial charge is 0.220 e. The molecule has 1 aromatic rings. The van der Waals surface area contributed by atoms with Crippen LogP contribution in [0, 0.1) is 0 Å². The predicted octanol–water partition coefficient (Wildman–Crippen LogP) is 1.99. The number of ether oxygens (including phenoxy) is 3. The molecule has 0 aliphatic carbocycles. The Balaban J connectivity index is 2.18. The molecule has 0 saturated carbocycles. The van der Waals surface area contributed by atoms with E-state index in [0.717, 1.165) is 25.1 Å². The number of methoxy groups -OCH3 is 2. The van der Waals surface area contributed by atoms with Gasteiger partial charge in [0.15, 0.2) is 11.5 Å². The van der Waals surface area contributed by atoms with Gasteiger partial charge in [-0.1, -0.05) is 13.0 Å². The fraction of sp³-hybridized carbons (Fsp3) is 0.611. The zero-order valence-electron chi connectivity index (χ0n) is 14.8. The van der Waals surface area contributed by atoms with Crippen LogP contribution in [-0.2, 0) is 9.53 Å². The van der Waals surface area contributed by atoms with Crippen molar-refractivity contribution in [3.05, 3.63) is 23.8 Å². The minimum atomic E-state index is 0.0921. The maximum atomic E-state index is 11.9. The van der Waals surface area contributed by atoms with E-state index in [1.807, 2.05) is 25.1 Å². The van der Waals surface area contributed by atoms with E-state index in [4.69, 9.17) is 14.2 Å². The standard InChI is InChI=1S/C18H28N2O4/c1-4-5-18(21)19-13-15(20-8-10-24-11-9-20)14-6-7-16(22-2)17(12-14)23-3/h6-7,12,15H,4-5,8-11,13H2,1-3H3,(H,19,21). The summed E-state index contributed by atoms with van der Waals surface area (Å²) in [5.74, 6) is 1.50. The molecule has 0 aromatic heterocycles. The van der Waals surface area contributed by atoms with Gasteiger partial charge >= 0.3 is 0 Å². The summed E-state index contributed by atoms with van der Waals surface area (Å²) < 4.78 is 16.2. The lowest BCUT2D eigenvalue weighted by atomic mass is 10.0. The molecule has 1 unspecified atom stereocenters. The predicted molar refractivity (Wildman–Crippen MR) is 92.6 cm³/mol. The highest BCUT2D eigenvalue weighted by Crippen LogP contribution is 2.32. The number of hydrogen-bond acceptors (Lipinski definition) is 5. The van der Waals surface area contributed by atoms with E-state index in [1.54, 1.807) is 14.2 Å². The topological polar surface area (TPSA) is 60.0 Å². The minimum absolute atomic E-state index is 0.0921. The molecule has 24 heavy (non-hydrogen) atoms. The second-order valence-electron chi connectivity index (χ2n) is 5.83. The van der Waals surface area contributed by atoms with Gasteiger partial charge < -0.3 is 19.5 Å². The molecule has 1 fully saturated rings. The van der Waals surface area contributed by atoms with Crippen molar-refractivity contribution >= 4 is 5.91 Å². The van der Waals surface area contributed by atoms with E-state index in [9.17, 15) is 4.79 Å². The first kappa shape index (κ1) is 18.5. The van der Waals surface area contributed by atoms with E-state index in [-0.39, 0.29) is 11.9 Å². The summed E-state index contributed by atoms with van der Waals surface area (Å²) in [6.45, 7) is 5.71. The maximum Gasteiger partial charge on any atom is 0.220 e. The van der Waals surface area contributed by atoms with Crippen LogP contribution in [-0.4, -0.2) is 57.9 Å². The highest BCUT2D eigenvalue weighted by molar-refractivity contribution is 5.75. The third kappa shape index (κ3) is 4.85. The number of carbonyl (C=O) groups is 1. The molecule has 134 valence electrons. The van der Waals surface area contributed by atoms with Crippen LogP contribution in [0.25, 0.3) is 0 Å².